The number of rotatable bonds is 3. The number of pyridine rings is 1. The molecule has 0 spiro atoms. The van der Waals surface area contributed by atoms with Crippen LogP contribution in [0.15, 0.2) is 18.5 Å². The summed E-state index contributed by atoms with van der Waals surface area (Å²) >= 11 is 0. The molecule has 0 aromatic carbocycles. The Morgan fingerprint density at radius 2 is 2.13 bits per heavy atom. The average Bonchev–Trinajstić information content (AvgIpc) is 2.94. The molecule has 1 amide bonds. The van der Waals surface area contributed by atoms with Crippen LogP contribution in [-0.2, 0) is 4.74 Å². The molecule has 1 atom stereocenters. The van der Waals surface area contributed by atoms with Gasteiger partial charge in [0.15, 0.2) is 0 Å². The van der Waals surface area contributed by atoms with E-state index in [1.165, 1.54) is 6.20 Å². The molecule has 126 valence electrons. The molecule has 8 heteroatoms. The van der Waals surface area contributed by atoms with Crippen molar-refractivity contribution >= 4 is 24.4 Å². The van der Waals surface area contributed by atoms with Gasteiger partial charge in [-0.25, -0.2) is 4.79 Å². The van der Waals surface area contributed by atoms with Gasteiger partial charge in [-0.15, -0.1) is 0 Å². The Kier molecular flexibility index (Phi) is 5.16. The van der Waals surface area contributed by atoms with E-state index in [1.54, 1.807) is 24.2 Å². The van der Waals surface area contributed by atoms with Gasteiger partial charge in [-0.1, -0.05) is 0 Å². The fourth-order valence-electron chi connectivity index (χ4n) is 2.53. The minimum absolute atomic E-state index is 0.0487. The highest BCUT2D eigenvalue weighted by Gasteiger charge is 2.31. The minimum atomic E-state index is -1.54. The van der Waals surface area contributed by atoms with E-state index < -0.39 is 12.7 Å². The van der Waals surface area contributed by atoms with Crippen LogP contribution in [-0.4, -0.2) is 64.9 Å². The summed E-state index contributed by atoms with van der Waals surface area (Å²) in [4.78, 5) is 19.9. The zero-order valence-electron chi connectivity index (χ0n) is 14.1. The van der Waals surface area contributed by atoms with Crippen LogP contribution < -0.4 is 10.4 Å². The van der Waals surface area contributed by atoms with Gasteiger partial charge in [-0.2, -0.15) is 0 Å². The maximum atomic E-state index is 12.1. The summed E-state index contributed by atoms with van der Waals surface area (Å²) in [7, 11) is 0.208. The number of carbonyl (C=O) groups is 1. The van der Waals surface area contributed by atoms with E-state index in [4.69, 9.17) is 4.74 Å². The van der Waals surface area contributed by atoms with Crippen molar-refractivity contribution < 1.29 is 19.6 Å². The molecular formula is C15H24BN3O4. The monoisotopic (exact) mass is 321 g/mol. The fraction of sp³-hybridized carbons (Fsp3) is 0.600. The molecule has 1 unspecified atom stereocenters. The Balaban J connectivity index is 2.01. The van der Waals surface area contributed by atoms with Gasteiger partial charge in [-0.05, 0) is 33.3 Å². The van der Waals surface area contributed by atoms with Crippen LogP contribution in [0.2, 0.25) is 0 Å². The highest BCUT2D eigenvalue weighted by Crippen LogP contribution is 2.22. The van der Waals surface area contributed by atoms with Crippen molar-refractivity contribution in [1.82, 2.24) is 9.88 Å². The van der Waals surface area contributed by atoms with Crippen LogP contribution >= 0.6 is 0 Å². The maximum Gasteiger partial charge on any atom is 0.490 e. The summed E-state index contributed by atoms with van der Waals surface area (Å²) in [5.74, 6) is 0. The van der Waals surface area contributed by atoms with E-state index in [-0.39, 0.29) is 12.1 Å². The smallest absolute Gasteiger partial charge is 0.444 e. The van der Waals surface area contributed by atoms with Crippen LogP contribution in [0.4, 0.5) is 10.5 Å². The van der Waals surface area contributed by atoms with E-state index in [0.29, 0.717) is 12.0 Å². The molecular weight excluding hydrogens is 297 g/mol. The van der Waals surface area contributed by atoms with Crippen molar-refractivity contribution in [2.75, 3.05) is 25.0 Å². The highest BCUT2D eigenvalue weighted by molar-refractivity contribution is 6.58. The predicted octanol–water partition coefficient (Wildman–Crippen LogP) is 0.207. The molecule has 0 aliphatic carbocycles. The molecule has 1 aliphatic rings. The lowest BCUT2D eigenvalue weighted by atomic mass is 9.81. The van der Waals surface area contributed by atoms with Crippen LogP contribution in [0.5, 0.6) is 0 Å². The number of amides is 1. The Labute approximate surface area is 137 Å². The summed E-state index contributed by atoms with van der Waals surface area (Å²) in [6, 6.07) is 1.75. The second-order valence-corrected chi connectivity index (χ2v) is 6.83. The molecule has 23 heavy (non-hydrogen) atoms. The normalized spacial score (nSPS) is 18.0. The van der Waals surface area contributed by atoms with Gasteiger partial charge in [0.25, 0.3) is 0 Å². The number of hydrogen-bond acceptors (Lipinski definition) is 6. The van der Waals surface area contributed by atoms with Crippen molar-refractivity contribution in [2.45, 2.75) is 38.8 Å². The zero-order chi connectivity index (χ0) is 17.2. The summed E-state index contributed by atoms with van der Waals surface area (Å²) in [6.07, 6.45) is 3.60. The Bertz CT molecular complexity index is 562. The standard InChI is InChI=1S/C15H24BN3O4/c1-15(2,3)23-14(20)18(4)12-5-6-19(10-12)13-7-11(16(21)22)8-17-9-13/h7-9,12,21-22H,5-6,10H2,1-4H3. The number of likely N-dealkylation sites (N-methyl/N-ethyl adjacent to an activating group) is 1. The molecule has 1 saturated heterocycles. The lowest BCUT2D eigenvalue weighted by Gasteiger charge is -2.28. The minimum Gasteiger partial charge on any atom is -0.444 e. The summed E-state index contributed by atoms with van der Waals surface area (Å²) in [6.45, 7) is 6.96. The Morgan fingerprint density at radius 3 is 2.74 bits per heavy atom. The SMILES string of the molecule is CN(C(=O)OC(C)(C)C)C1CCN(c2cncc(B(O)O)c2)C1. The van der Waals surface area contributed by atoms with Gasteiger partial charge < -0.3 is 24.6 Å². The molecule has 0 saturated carbocycles. The summed E-state index contributed by atoms with van der Waals surface area (Å²) in [5, 5.41) is 18.5. The van der Waals surface area contributed by atoms with Crippen molar-refractivity contribution in [3.63, 3.8) is 0 Å². The first-order valence-corrected chi connectivity index (χ1v) is 7.69. The summed E-state index contributed by atoms with van der Waals surface area (Å²) < 4.78 is 5.39. The third kappa shape index (κ3) is 4.59. The van der Waals surface area contributed by atoms with Crippen LogP contribution in [0.1, 0.15) is 27.2 Å². The topological polar surface area (TPSA) is 86.1 Å². The third-order valence-electron chi connectivity index (χ3n) is 3.80. The van der Waals surface area contributed by atoms with Crippen LogP contribution in [0.3, 0.4) is 0 Å². The first-order chi connectivity index (χ1) is 10.7. The number of nitrogens with zero attached hydrogens (tertiary/aromatic N) is 3. The Hall–Kier alpha value is -1.80. The van der Waals surface area contributed by atoms with E-state index in [9.17, 15) is 14.8 Å². The number of carbonyl (C=O) groups excluding carboxylic acids is 1. The van der Waals surface area contributed by atoms with Crippen LogP contribution in [0.25, 0.3) is 0 Å². The molecule has 2 heterocycles. The third-order valence-corrected chi connectivity index (χ3v) is 3.80. The van der Waals surface area contributed by atoms with E-state index in [2.05, 4.69) is 9.88 Å². The summed E-state index contributed by atoms with van der Waals surface area (Å²) in [5.41, 5.74) is 0.654. The van der Waals surface area contributed by atoms with E-state index in [1.807, 2.05) is 20.8 Å². The first kappa shape index (κ1) is 17.6. The molecule has 1 aromatic rings. The van der Waals surface area contributed by atoms with E-state index in [0.717, 1.165) is 18.7 Å². The first-order valence-electron chi connectivity index (χ1n) is 7.69. The molecule has 2 rings (SSSR count). The van der Waals surface area contributed by atoms with Gasteiger partial charge in [0.1, 0.15) is 5.60 Å². The maximum absolute atomic E-state index is 12.1. The van der Waals surface area contributed by atoms with Gasteiger partial charge in [0.2, 0.25) is 0 Å². The Morgan fingerprint density at radius 1 is 1.43 bits per heavy atom. The van der Waals surface area contributed by atoms with Crippen molar-refractivity contribution in [3.8, 4) is 0 Å². The number of hydrogen-bond donors (Lipinski definition) is 2. The number of ether oxygens (including phenoxy) is 1. The highest BCUT2D eigenvalue weighted by atomic mass is 16.6. The molecule has 7 nitrogen and oxygen atoms in total. The molecule has 2 N–H and O–H groups in total. The molecule has 1 aliphatic heterocycles. The van der Waals surface area contributed by atoms with Crippen molar-refractivity contribution in [3.05, 3.63) is 18.5 Å². The van der Waals surface area contributed by atoms with Crippen molar-refractivity contribution in [2.24, 2.45) is 0 Å². The van der Waals surface area contributed by atoms with Gasteiger partial charge in [0.05, 0.1) is 17.9 Å². The quantitative estimate of drug-likeness (QED) is 0.774. The van der Waals surface area contributed by atoms with E-state index >= 15 is 0 Å². The second-order valence-electron chi connectivity index (χ2n) is 6.83. The molecule has 0 bridgehead atoms. The molecule has 1 fully saturated rings. The number of anilines is 1. The van der Waals surface area contributed by atoms with Crippen LogP contribution in [0, 0.1) is 0 Å². The van der Waals surface area contributed by atoms with Crippen molar-refractivity contribution in [1.29, 1.82) is 0 Å². The fourth-order valence-corrected chi connectivity index (χ4v) is 2.53. The zero-order valence-corrected chi connectivity index (χ0v) is 14.1. The van der Waals surface area contributed by atoms with Gasteiger partial charge in [0, 0.05) is 31.8 Å². The predicted molar refractivity (Wildman–Crippen MR) is 88.7 cm³/mol. The number of aromatic nitrogens is 1. The van der Waals surface area contributed by atoms with Gasteiger partial charge in [-0.3, -0.25) is 4.98 Å². The molecule has 0 radical (unpaired) electrons. The van der Waals surface area contributed by atoms with Gasteiger partial charge >= 0.3 is 13.2 Å². The second kappa shape index (κ2) is 6.76. The lowest BCUT2D eigenvalue weighted by molar-refractivity contribution is 0.0238. The molecule has 1 aromatic heterocycles. The largest absolute Gasteiger partial charge is 0.490 e. The average molecular weight is 321 g/mol. The lowest BCUT2D eigenvalue weighted by Crippen LogP contribution is -2.42.